The summed E-state index contributed by atoms with van der Waals surface area (Å²) in [7, 11) is 5.71. The molecule has 2 bridgehead atoms. The van der Waals surface area contributed by atoms with Gasteiger partial charge in [-0.3, -0.25) is 4.90 Å². The molecule has 3 fully saturated rings. The lowest BCUT2D eigenvalue weighted by atomic mass is 9.94. The second kappa shape index (κ2) is 6.99. The van der Waals surface area contributed by atoms with Crippen LogP contribution in [0.5, 0.6) is 5.75 Å². The lowest BCUT2D eigenvalue weighted by Gasteiger charge is -2.36. The maximum Gasteiger partial charge on any atom is 0.124 e. The quantitative estimate of drug-likeness (QED) is 0.834. The molecule has 0 amide bonds. The van der Waals surface area contributed by atoms with Crippen LogP contribution in [0.15, 0.2) is 18.2 Å². The molecule has 1 aromatic rings. The maximum absolute atomic E-state index is 5.43. The molecular formula is C18H28N2O2. The number of ether oxygens (including phenoxy) is 2. The van der Waals surface area contributed by atoms with E-state index in [9.17, 15) is 0 Å². The highest BCUT2D eigenvalue weighted by molar-refractivity contribution is 5.37. The molecule has 122 valence electrons. The molecule has 0 spiro atoms. The molecular weight excluding hydrogens is 276 g/mol. The minimum Gasteiger partial charge on any atom is -0.496 e. The molecule has 3 heterocycles. The lowest BCUT2D eigenvalue weighted by Crippen LogP contribution is -2.43. The van der Waals surface area contributed by atoms with Crippen molar-refractivity contribution in [3.63, 3.8) is 0 Å². The van der Waals surface area contributed by atoms with E-state index in [1.54, 1.807) is 14.2 Å². The molecule has 3 aliphatic heterocycles. The molecule has 4 nitrogen and oxygen atoms in total. The summed E-state index contributed by atoms with van der Waals surface area (Å²) in [5.74, 6) is 1.75. The number of fused-ring (bicyclic) bond motifs is 4. The zero-order valence-electron chi connectivity index (χ0n) is 14.0. The molecule has 1 aromatic carbocycles. The van der Waals surface area contributed by atoms with Crippen LogP contribution in [0.3, 0.4) is 0 Å². The van der Waals surface area contributed by atoms with Crippen LogP contribution in [0, 0.1) is 5.92 Å². The molecule has 0 aliphatic carbocycles. The Balaban J connectivity index is 1.74. The van der Waals surface area contributed by atoms with Crippen molar-refractivity contribution in [1.29, 1.82) is 0 Å². The van der Waals surface area contributed by atoms with Gasteiger partial charge < -0.3 is 14.4 Å². The zero-order chi connectivity index (χ0) is 15.5. The summed E-state index contributed by atoms with van der Waals surface area (Å²) in [6.07, 6.45) is 2.74. The Morgan fingerprint density at radius 3 is 2.77 bits per heavy atom. The molecule has 3 aliphatic rings. The number of benzene rings is 1. The van der Waals surface area contributed by atoms with Gasteiger partial charge in [0.2, 0.25) is 0 Å². The predicted octanol–water partition coefficient (Wildman–Crippen LogP) is 2.37. The van der Waals surface area contributed by atoms with E-state index in [2.05, 4.69) is 35.0 Å². The Kier molecular flexibility index (Phi) is 5.01. The van der Waals surface area contributed by atoms with Crippen molar-refractivity contribution in [2.45, 2.75) is 32.0 Å². The van der Waals surface area contributed by atoms with E-state index in [4.69, 9.17) is 9.47 Å². The van der Waals surface area contributed by atoms with Crippen molar-refractivity contribution in [2.75, 3.05) is 40.9 Å². The van der Waals surface area contributed by atoms with Crippen LogP contribution in [0.2, 0.25) is 0 Å². The van der Waals surface area contributed by atoms with E-state index in [1.807, 2.05) is 0 Å². The van der Waals surface area contributed by atoms with E-state index in [1.165, 1.54) is 38.0 Å². The molecule has 0 aromatic heterocycles. The number of methoxy groups -OCH3 is 2. The largest absolute Gasteiger partial charge is 0.496 e. The summed E-state index contributed by atoms with van der Waals surface area (Å²) in [6, 6.07) is 7.22. The van der Waals surface area contributed by atoms with Crippen molar-refractivity contribution < 1.29 is 9.47 Å². The Morgan fingerprint density at radius 2 is 2.00 bits per heavy atom. The van der Waals surface area contributed by atoms with Crippen LogP contribution in [0.25, 0.3) is 0 Å². The number of hydrogen-bond donors (Lipinski definition) is 0. The number of rotatable bonds is 5. The average Bonchev–Trinajstić information content (AvgIpc) is 2.77. The van der Waals surface area contributed by atoms with Gasteiger partial charge in [-0.1, -0.05) is 6.07 Å². The molecule has 0 radical (unpaired) electrons. The third kappa shape index (κ3) is 3.45. The van der Waals surface area contributed by atoms with E-state index >= 15 is 0 Å². The third-order valence-corrected chi connectivity index (χ3v) is 5.04. The summed E-state index contributed by atoms with van der Waals surface area (Å²) in [5.41, 5.74) is 2.50. The van der Waals surface area contributed by atoms with E-state index in [-0.39, 0.29) is 0 Å². The van der Waals surface area contributed by atoms with E-state index in [0.717, 1.165) is 23.8 Å². The summed E-state index contributed by atoms with van der Waals surface area (Å²) in [6.45, 7) is 5.34. The predicted molar refractivity (Wildman–Crippen MR) is 88.1 cm³/mol. The smallest absolute Gasteiger partial charge is 0.124 e. The number of piperidine rings is 1. The Morgan fingerprint density at radius 1 is 1.14 bits per heavy atom. The summed E-state index contributed by atoms with van der Waals surface area (Å²) in [4.78, 5) is 5.18. The van der Waals surface area contributed by atoms with Crippen LogP contribution in [-0.2, 0) is 17.9 Å². The highest BCUT2D eigenvalue weighted by atomic mass is 16.5. The SMILES string of the molecule is COCc1cc(CN2C[C@H]3CC[C@@H]2CN(C)C3)ccc1OC. The van der Waals surface area contributed by atoms with Crippen molar-refractivity contribution in [3.8, 4) is 5.75 Å². The summed E-state index contributed by atoms with van der Waals surface area (Å²) < 4.78 is 10.7. The minimum absolute atomic E-state index is 0.603. The molecule has 0 saturated carbocycles. The van der Waals surface area contributed by atoms with Crippen molar-refractivity contribution in [2.24, 2.45) is 5.92 Å². The van der Waals surface area contributed by atoms with Gasteiger partial charge in [0.1, 0.15) is 5.75 Å². The first-order valence-corrected chi connectivity index (χ1v) is 8.27. The minimum atomic E-state index is 0.603. The van der Waals surface area contributed by atoms with Gasteiger partial charge in [0.05, 0.1) is 13.7 Å². The Hall–Kier alpha value is -1.10. The fraction of sp³-hybridized carbons (Fsp3) is 0.667. The monoisotopic (exact) mass is 304 g/mol. The standard InChI is InChI=1S/C18H28N2O2/c1-19-9-15-4-6-17(12-19)20(11-15)10-14-5-7-18(22-3)16(8-14)13-21-2/h5,7-8,15,17H,4,6,9-13H2,1-3H3/t15-,17+/m0/s1. The first kappa shape index (κ1) is 15.8. The topological polar surface area (TPSA) is 24.9 Å². The Labute approximate surface area is 134 Å². The second-order valence-corrected chi connectivity index (χ2v) is 6.83. The van der Waals surface area contributed by atoms with Gasteiger partial charge in [-0.25, -0.2) is 0 Å². The number of likely N-dealkylation sites (N-methyl/N-ethyl adjacent to an activating group) is 1. The fourth-order valence-electron chi connectivity index (χ4n) is 4.04. The van der Waals surface area contributed by atoms with Crippen molar-refractivity contribution >= 4 is 0 Å². The van der Waals surface area contributed by atoms with E-state index in [0.29, 0.717) is 12.6 Å². The van der Waals surface area contributed by atoms with Crippen LogP contribution in [0.1, 0.15) is 24.0 Å². The highest BCUT2D eigenvalue weighted by Gasteiger charge is 2.33. The maximum atomic E-state index is 5.43. The fourth-order valence-corrected chi connectivity index (χ4v) is 4.04. The van der Waals surface area contributed by atoms with Crippen LogP contribution >= 0.6 is 0 Å². The lowest BCUT2D eigenvalue weighted by molar-refractivity contribution is 0.124. The van der Waals surface area contributed by atoms with E-state index < -0.39 is 0 Å². The first-order valence-electron chi connectivity index (χ1n) is 8.27. The number of nitrogens with zero attached hydrogens (tertiary/aromatic N) is 2. The van der Waals surface area contributed by atoms with Crippen LogP contribution in [0.4, 0.5) is 0 Å². The van der Waals surface area contributed by atoms with Crippen LogP contribution in [-0.4, -0.2) is 56.7 Å². The molecule has 22 heavy (non-hydrogen) atoms. The first-order chi connectivity index (χ1) is 10.7. The second-order valence-electron chi connectivity index (χ2n) is 6.83. The number of hydrogen-bond acceptors (Lipinski definition) is 4. The molecule has 0 N–H and O–H groups in total. The molecule has 4 heteroatoms. The third-order valence-electron chi connectivity index (χ3n) is 5.04. The van der Waals surface area contributed by atoms with Gasteiger partial charge in [-0.05, 0) is 43.5 Å². The van der Waals surface area contributed by atoms with Gasteiger partial charge in [0.25, 0.3) is 0 Å². The van der Waals surface area contributed by atoms with Gasteiger partial charge >= 0.3 is 0 Å². The van der Waals surface area contributed by atoms with Gasteiger partial charge in [0, 0.05) is 44.9 Å². The summed E-state index contributed by atoms with van der Waals surface area (Å²) >= 11 is 0. The normalized spacial score (nSPS) is 26.1. The van der Waals surface area contributed by atoms with Gasteiger partial charge in [0.15, 0.2) is 0 Å². The molecule has 3 saturated heterocycles. The van der Waals surface area contributed by atoms with Crippen molar-refractivity contribution in [1.82, 2.24) is 9.80 Å². The molecule has 2 atom stereocenters. The summed E-state index contributed by atoms with van der Waals surface area (Å²) in [5, 5.41) is 0. The van der Waals surface area contributed by atoms with Crippen molar-refractivity contribution in [3.05, 3.63) is 29.3 Å². The zero-order valence-corrected chi connectivity index (χ0v) is 14.0. The van der Waals surface area contributed by atoms with Gasteiger partial charge in [-0.15, -0.1) is 0 Å². The van der Waals surface area contributed by atoms with Crippen LogP contribution < -0.4 is 4.74 Å². The Bertz CT molecular complexity index is 506. The molecule has 0 unspecified atom stereocenters. The average molecular weight is 304 g/mol. The molecule has 4 rings (SSSR count). The van der Waals surface area contributed by atoms with Gasteiger partial charge in [-0.2, -0.15) is 0 Å². The highest BCUT2D eigenvalue weighted by Crippen LogP contribution is 2.29.